The van der Waals surface area contributed by atoms with E-state index < -0.39 is 0 Å². The number of hydrogen-bond acceptors (Lipinski definition) is 3. The maximum absolute atomic E-state index is 11.7. The molecule has 1 aromatic rings. The fourth-order valence-corrected chi connectivity index (χ4v) is 2.20. The van der Waals surface area contributed by atoms with Crippen molar-refractivity contribution in [1.29, 1.82) is 0 Å². The molecular weight excluding hydrogens is 204 g/mol. The molecule has 2 rings (SSSR count). The Hall–Kier alpha value is -1.32. The summed E-state index contributed by atoms with van der Waals surface area (Å²) in [5, 5.41) is 6.81. The van der Waals surface area contributed by atoms with Crippen LogP contribution in [0.15, 0.2) is 16.9 Å². The highest BCUT2D eigenvalue weighted by Crippen LogP contribution is 2.17. The quantitative estimate of drug-likeness (QED) is 0.796. The summed E-state index contributed by atoms with van der Waals surface area (Å²) in [6.07, 6.45) is 9.12. The van der Waals surface area contributed by atoms with Crippen LogP contribution in [0.4, 0.5) is 0 Å². The molecule has 0 atom stereocenters. The normalized spacial score (nSPS) is 18.0. The molecule has 1 aliphatic carbocycles. The van der Waals surface area contributed by atoms with Gasteiger partial charge in [-0.1, -0.05) is 30.8 Å². The highest BCUT2D eigenvalue weighted by molar-refractivity contribution is 5.78. The Kier molecular flexibility index (Phi) is 3.97. The molecule has 1 aromatic heterocycles. The maximum atomic E-state index is 11.7. The molecule has 1 fully saturated rings. The standard InChI is InChI=1S/C12H18N2O2/c15-12(9-11-7-8-16-14-11)13-10-5-3-1-2-4-6-10/h7-8,10H,1-6,9H2,(H,13,15). The Labute approximate surface area is 95.4 Å². The van der Waals surface area contributed by atoms with Crippen LogP contribution in [0.2, 0.25) is 0 Å². The van der Waals surface area contributed by atoms with Crippen molar-refractivity contribution in [2.75, 3.05) is 0 Å². The monoisotopic (exact) mass is 222 g/mol. The van der Waals surface area contributed by atoms with Crippen LogP contribution in [0.1, 0.15) is 44.2 Å². The van der Waals surface area contributed by atoms with Gasteiger partial charge in [-0.15, -0.1) is 0 Å². The lowest BCUT2D eigenvalue weighted by molar-refractivity contribution is -0.121. The van der Waals surface area contributed by atoms with Gasteiger partial charge in [0.1, 0.15) is 6.26 Å². The number of aromatic nitrogens is 1. The summed E-state index contributed by atoms with van der Waals surface area (Å²) >= 11 is 0. The topological polar surface area (TPSA) is 55.1 Å². The molecule has 1 N–H and O–H groups in total. The zero-order chi connectivity index (χ0) is 11.2. The van der Waals surface area contributed by atoms with Crippen molar-refractivity contribution in [2.24, 2.45) is 0 Å². The largest absolute Gasteiger partial charge is 0.364 e. The van der Waals surface area contributed by atoms with E-state index >= 15 is 0 Å². The average molecular weight is 222 g/mol. The van der Waals surface area contributed by atoms with E-state index in [0.717, 1.165) is 12.8 Å². The first kappa shape index (κ1) is 11.2. The van der Waals surface area contributed by atoms with E-state index in [1.54, 1.807) is 6.07 Å². The summed E-state index contributed by atoms with van der Waals surface area (Å²) < 4.78 is 4.70. The van der Waals surface area contributed by atoms with Gasteiger partial charge in [0.25, 0.3) is 0 Å². The number of nitrogens with zero attached hydrogens (tertiary/aromatic N) is 1. The van der Waals surface area contributed by atoms with E-state index in [9.17, 15) is 4.79 Å². The first-order valence-electron chi connectivity index (χ1n) is 6.03. The Morgan fingerprint density at radius 2 is 2.12 bits per heavy atom. The van der Waals surface area contributed by atoms with Gasteiger partial charge in [0.05, 0.1) is 12.1 Å². The number of carbonyl (C=O) groups is 1. The van der Waals surface area contributed by atoms with Crippen LogP contribution in [0.25, 0.3) is 0 Å². The van der Waals surface area contributed by atoms with Crippen LogP contribution >= 0.6 is 0 Å². The molecule has 16 heavy (non-hydrogen) atoms. The van der Waals surface area contributed by atoms with Gasteiger partial charge in [-0.05, 0) is 12.8 Å². The van der Waals surface area contributed by atoms with E-state index in [0.29, 0.717) is 18.2 Å². The minimum absolute atomic E-state index is 0.0563. The van der Waals surface area contributed by atoms with Gasteiger partial charge in [0.15, 0.2) is 0 Å². The van der Waals surface area contributed by atoms with Gasteiger partial charge in [-0.25, -0.2) is 0 Å². The van der Waals surface area contributed by atoms with Crippen molar-refractivity contribution >= 4 is 5.91 Å². The lowest BCUT2D eigenvalue weighted by Gasteiger charge is -2.15. The third-order valence-electron chi connectivity index (χ3n) is 3.05. The molecule has 1 heterocycles. The first-order chi connectivity index (χ1) is 7.84. The Morgan fingerprint density at radius 1 is 1.38 bits per heavy atom. The lowest BCUT2D eigenvalue weighted by Crippen LogP contribution is -2.35. The molecule has 4 nitrogen and oxygen atoms in total. The van der Waals surface area contributed by atoms with E-state index in [1.165, 1.54) is 31.9 Å². The van der Waals surface area contributed by atoms with Crippen LogP contribution in [0.3, 0.4) is 0 Å². The fraction of sp³-hybridized carbons (Fsp3) is 0.667. The first-order valence-corrected chi connectivity index (χ1v) is 6.03. The van der Waals surface area contributed by atoms with Crippen molar-refractivity contribution < 1.29 is 9.32 Å². The SMILES string of the molecule is O=C(Cc1ccon1)NC1CCCCCC1. The Bertz CT molecular complexity index is 314. The summed E-state index contributed by atoms with van der Waals surface area (Å²) in [4.78, 5) is 11.7. The Balaban J connectivity index is 1.77. The number of rotatable bonds is 3. The minimum atomic E-state index is 0.0563. The summed E-state index contributed by atoms with van der Waals surface area (Å²) in [6, 6.07) is 2.09. The highest BCUT2D eigenvalue weighted by atomic mass is 16.5. The molecule has 1 aliphatic rings. The molecule has 1 saturated carbocycles. The van der Waals surface area contributed by atoms with Crippen molar-refractivity contribution in [3.63, 3.8) is 0 Å². The molecule has 0 bridgehead atoms. The highest BCUT2D eigenvalue weighted by Gasteiger charge is 2.15. The second kappa shape index (κ2) is 5.68. The molecule has 88 valence electrons. The number of carbonyl (C=O) groups excluding carboxylic acids is 1. The number of amides is 1. The van der Waals surface area contributed by atoms with Crippen molar-refractivity contribution in [3.05, 3.63) is 18.0 Å². The summed E-state index contributed by atoms with van der Waals surface area (Å²) in [6.45, 7) is 0. The smallest absolute Gasteiger partial charge is 0.226 e. The molecular formula is C12H18N2O2. The summed E-state index contributed by atoms with van der Waals surface area (Å²) in [5.41, 5.74) is 0.700. The van der Waals surface area contributed by atoms with E-state index in [4.69, 9.17) is 4.52 Å². The molecule has 0 unspecified atom stereocenters. The third kappa shape index (κ3) is 3.36. The van der Waals surface area contributed by atoms with Gasteiger partial charge >= 0.3 is 0 Å². The zero-order valence-electron chi connectivity index (χ0n) is 9.45. The summed E-state index contributed by atoms with van der Waals surface area (Å²) in [7, 11) is 0. The second-order valence-corrected chi connectivity index (χ2v) is 4.42. The van der Waals surface area contributed by atoms with Crippen molar-refractivity contribution in [1.82, 2.24) is 10.5 Å². The second-order valence-electron chi connectivity index (χ2n) is 4.42. The predicted octanol–water partition coefficient (Wildman–Crippen LogP) is 2.06. The summed E-state index contributed by atoms with van der Waals surface area (Å²) in [5.74, 6) is 0.0563. The molecule has 4 heteroatoms. The van der Waals surface area contributed by atoms with Gasteiger partial charge in [-0.3, -0.25) is 4.79 Å². The van der Waals surface area contributed by atoms with Crippen LogP contribution in [-0.2, 0) is 11.2 Å². The lowest BCUT2D eigenvalue weighted by atomic mass is 10.1. The van der Waals surface area contributed by atoms with Crippen LogP contribution < -0.4 is 5.32 Å². The van der Waals surface area contributed by atoms with Gasteiger partial charge in [0, 0.05) is 12.1 Å². The van der Waals surface area contributed by atoms with E-state index in [2.05, 4.69) is 10.5 Å². The van der Waals surface area contributed by atoms with Gasteiger partial charge in [0.2, 0.25) is 5.91 Å². The predicted molar refractivity (Wildman–Crippen MR) is 59.8 cm³/mol. The van der Waals surface area contributed by atoms with E-state index in [-0.39, 0.29) is 5.91 Å². The molecule has 1 amide bonds. The molecule has 0 saturated heterocycles. The van der Waals surface area contributed by atoms with Crippen molar-refractivity contribution in [2.45, 2.75) is 51.0 Å². The number of nitrogens with one attached hydrogen (secondary N) is 1. The van der Waals surface area contributed by atoms with E-state index in [1.807, 2.05) is 0 Å². The average Bonchev–Trinajstić information content (AvgIpc) is 2.62. The maximum Gasteiger partial charge on any atom is 0.226 e. The van der Waals surface area contributed by atoms with Crippen molar-refractivity contribution in [3.8, 4) is 0 Å². The molecule has 0 radical (unpaired) electrons. The van der Waals surface area contributed by atoms with Gasteiger partial charge in [-0.2, -0.15) is 0 Å². The Morgan fingerprint density at radius 3 is 2.75 bits per heavy atom. The fourth-order valence-electron chi connectivity index (χ4n) is 2.20. The molecule has 0 aromatic carbocycles. The number of hydrogen-bond donors (Lipinski definition) is 1. The third-order valence-corrected chi connectivity index (χ3v) is 3.05. The zero-order valence-corrected chi connectivity index (χ0v) is 9.45. The van der Waals surface area contributed by atoms with Gasteiger partial charge < -0.3 is 9.84 Å². The van der Waals surface area contributed by atoms with Crippen LogP contribution in [-0.4, -0.2) is 17.1 Å². The minimum Gasteiger partial charge on any atom is -0.364 e. The van der Waals surface area contributed by atoms with Crippen LogP contribution in [0.5, 0.6) is 0 Å². The molecule has 0 aliphatic heterocycles. The van der Waals surface area contributed by atoms with Crippen LogP contribution in [0, 0.1) is 0 Å². The molecule has 0 spiro atoms.